The molecule has 2 unspecified atom stereocenters. The zero-order valence-electron chi connectivity index (χ0n) is 7.88. The summed E-state index contributed by atoms with van der Waals surface area (Å²) in [5.41, 5.74) is 5.74. The van der Waals surface area contributed by atoms with Gasteiger partial charge in [0.2, 0.25) is 0 Å². The highest BCUT2D eigenvalue weighted by Gasteiger charge is 2.33. The highest BCUT2D eigenvalue weighted by Crippen LogP contribution is 2.20. The van der Waals surface area contributed by atoms with Gasteiger partial charge in [0.15, 0.2) is 0 Å². The van der Waals surface area contributed by atoms with Crippen molar-refractivity contribution in [2.75, 3.05) is 0 Å². The first kappa shape index (κ1) is 8.29. The molecule has 0 saturated carbocycles. The number of nitrogens with zero attached hydrogens (tertiary/aromatic N) is 3. The molecule has 0 aromatic carbocycles. The third kappa shape index (κ3) is 1.22. The highest BCUT2D eigenvalue weighted by molar-refractivity contribution is 5.91. The Kier molecular flexibility index (Phi) is 1.83. The number of hydrogen-bond donors (Lipinski definition) is 1. The van der Waals surface area contributed by atoms with Gasteiger partial charge in [0.05, 0.1) is 12.4 Å². The van der Waals surface area contributed by atoms with Crippen molar-refractivity contribution in [3.8, 4) is 0 Å². The van der Waals surface area contributed by atoms with Crippen LogP contribution in [0, 0.1) is 0 Å². The molecule has 0 aromatic heterocycles. The third-order valence-electron chi connectivity index (χ3n) is 2.43. The van der Waals surface area contributed by atoms with Crippen molar-refractivity contribution in [2.24, 2.45) is 15.7 Å². The lowest BCUT2D eigenvalue weighted by atomic mass is 10.1. The van der Waals surface area contributed by atoms with E-state index in [4.69, 9.17) is 5.73 Å². The zero-order chi connectivity index (χ0) is 9.42. The fourth-order valence-electron chi connectivity index (χ4n) is 1.70. The SMILES string of the molecule is CC(C)N1C=NC2C(N)=NC=CC21. The number of fused-ring (bicyclic) bond motifs is 1. The Bertz CT molecular complexity index is 290. The minimum absolute atomic E-state index is 0.0346. The van der Waals surface area contributed by atoms with E-state index in [2.05, 4.69) is 28.7 Å². The second kappa shape index (κ2) is 2.87. The van der Waals surface area contributed by atoms with Crippen LogP contribution in [0.15, 0.2) is 22.3 Å². The quantitative estimate of drug-likeness (QED) is 0.630. The van der Waals surface area contributed by atoms with E-state index in [9.17, 15) is 0 Å². The van der Waals surface area contributed by atoms with Crippen LogP contribution in [0.3, 0.4) is 0 Å². The first-order chi connectivity index (χ1) is 6.20. The summed E-state index contributed by atoms with van der Waals surface area (Å²) < 4.78 is 0. The molecule has 4 heteroatoms. The second-order valence-electron chi connectivity index (χ2n) is 3.64. The van der Waals surface area contributed by atoms with Crippen LogP contribution in [0.5, 0.6) is 0 Å². The van der Waals surface area contributed by atoms with Gasteiger partial charge >= 0.3 is 0 Å². The van der Waals surface area contributed by atoms with Crippen molar-refractivity contribution < 1.29 is 0 Å². The van der Waals surface area contributed by atoms with Gasteiger partial charge in [-0.15, -0.1) is 0 Å². The fourth-order valence-corrected chi connectivity index (χ4v) is 1.70. The van der Waals surface area contributed by atoms with E-state index in [0.29, 0.717) is 11.9 Å². The summed E-state index contributed by atoms with van der Waals surface area (Å²) in [5, 5.41) is 0. The van der Waals surface area contributed by atoms with Crippen molar-refractivity contribution in [3.05, 3.63) is 12.3 Å². The van der Waals surface area contributed by atoms with E-state index in [-0.39, 0.29) is 12.1 Å². The molecule has 2 aliphatic rings. The van der Waals surface area contributed by atoms with Crippen LogP contribution in [0.2, 0.25) is 0 Å². The monoisotopic (exact) mass is 178 g/mol. The van der Waals surface area contributed by atoms with Crippen LogP contribution in [-0.2, 0) is 0 Å². The summed E-state index contributed by atoms with van der Waals surface area (Å²) in [6.45, 7) is 4.29. The maximum atomic E-state index is 5.74. The second-order valence-corrected chi connectivity index (χ2v) is 3.64. The Hall–Kier alpha value is -1.32. The number of hydrogen-bond acceptors (Lipinski definition) is 4. The molecular weight excluding hydrogens is 164 g/mol. The van der Waals surface area contributed by atoms with Crippen molar-refractivity contribution >= 4 is 12.2 Å². The number of aliphatic imine (C=N–C) groups is 2. The van der Waals surface area contributed by atoms with E-state index in [1.54, 1.807) is 6.20 Å². The van der Waals surface area contributed by atoms with Gasteiger partial charge in [0.1, 0.15) is 11.9 Å². The minimum atomic E-state index is 0.0346. The molecule has 2 rings (SSSR count). The Morgan fingerprint density at radius 1 is 1.54 bits per heavy atom. The van der Waals surface area contributed by atoms with Gasteiger partial charge in [-0.2, -0.15) is 0 Å². The van der Waals surface area contributed by atoms with E-state index in [1.165, 1.54) is 0 Å². The molecule has 0 saturated heterocycles. The molecule has 0 fully saturated rings. The van der Waals surface area contributed by atoms with E-state index in [0.717, 1.165) is 0 Å². The predicted molar refractivity (Wildman–Crippen MR) is 53.8 cm³/mol. The molecule has 0 radical (unpaired) electrons. The molecule has 13 heavy (non-hydrogen) atoms. The van der Waals surface area contributed by atoms with Gasteiger partial charge in [0, 0.05) is 12.2 Å². The topological polar surface area (TPSA) is 54.0 Å². The molecule has 0 aliphatic carbocycles. The lowest BCUT2D eigenvalue weighted by molar-refractivity contribution is 0.321. The Balaban J connectivity index is 2.23. The van der Waals surface area contributed by atoms with E-state index >= 15 is 0 Å². The Morgan fingerprint density at radius 2 is 2.31 bits per heavy atom. The van der Waals surface area contributed by atoms with E-state index in [1.807, 2.05) is 12.4 Å². The molecule has 0 spiro atoms. The number of nitrogens with two attached hydrogens (primary N) is 1. The average molecular weight is 178 g/mol. The van der Waals surface area contributed by atoms with Crippen LogP contribution in [0.25, 0.3) is 0 Å². The van der Waals surface area contributed by atoms with Crippen LogP contribution in [-0.4, -0.2) is 35.2 Å². The molecule has 70 valence electrons. The van der Waals surface area contributed by atoms with Gasteiger partial charge < -0.3 is 10.6 Å². The predicted octanol–water partition coefficient (Wildman–Crippen LogP) is 0.360. The molecular formula is C9H14N4. The maximum Gasteiger partial charge on any atom is 0.133 e. The normalized spacial score (nSPS) is 31.0. The van der Waals surface area contributed by atoms with Gasteiger partial charge in [-0.3, -0.25) is 4.99 Å². The first-order valence-electron chi connectivity index (χ1n) is 4.50. The van der Waals surface area contributed by atoms with Crippen LogP contribution in [0.4, 0.5) is 0 Å². The van der Waals surface area contributed by atoms with E-state index < -0.39 is 0 Å². The van der Waals surface area contributed by atoms with Crippen LogP contribution >= 0.6 is 0 Å². The molecule has 2 atom stereocenters. The minimum Gasteiger partial charge on any atom is -0.385 e. The van der Waals surface area contributed by atoms with Crippen molar-refractivity contribution in [3.63, 3.8) is 0 Å². The standard InChI is InChI=1S/C9H14N4/c1-6(2)13-5-12-8-7(13)3-4-11-9(8)10/h3-8H,1-2H3,(H2,10,11). The van der Waals surface area contributed by atoms with Crippen molar-refractivity contribution in [1.82, 2.24) is 4.90 Å². The smallest absolute Gasteiger partial charge is 0.133 e. The van der Waals surface area contributed by atoms with Crippen molar-refractivity contribution in [2.45, 2.75) is 32.0 Å². The summed E-state index contributed by atoms with van der Waals surface area (Å²) in [6, 6.07) is 0.763. The largest absolute Gasteiger partial charge is 0.385 e. The third-order valence-corrected chi connectivity index (χ3v) is 2.43. The first-order valence-corrected chi connectivity index (χ1v) is 4.50. The molecule has 2 aliphatic heterocycles. The van der Waals surface area contributed by atoms with Gasteiger partial charge in [0.25, 0.3) is 0 Å². The summed E-state index contributed by atoms with van der Waals surface area (Å²) in [6.07, 6.45) is 5.69. The number of rotatable bonds is 1. The van der Waals surface area contributed by atoms with Gasteiger partial charge in [-0.25, -0.2) is 4.99 Å². The molecule has 4 nitrogen and oxygen atoms in total. The molecule has 2 N–H and O–H groups in total. The van der Waals surface area contributed by atoms with Crippen LogP contribution in [0.1, 0.15) is 13.8 Å². The molecule has 0 bridgehead atoms. The van der Waals surface area contributed by atoms with Gasteiger partial charge in [-0.1, -0.05) is 0 Å². The number of amidine groups is 1. The molecule has 0 aromatic rings. The average Bonchev–Trinajstić information content (AvgIpc) is 2.48. The summed E-state index contributed by atoms with van der Waals surface area (Å²) in [5.74, 6) is 0.618. The van der Waals surface area contributed by atoms with Crippen LogP contribution < -0.4 is 5.73 Å². The summed E-state index contributed by atoms with van der Waals surface area (Å²) >= 11 is 0. The highest BCUT2D eigenvalue weighted by atomic mass is 15.3. The Labute approximate surface area is 77.8 Å². The fraction of sp³-hybridized carbons (Fsp3) is 0.556. The maximum absolute atomic E-state index is 5.74. The Morgan fingerprint density at radius 3 is 3.00 bits per heavy atom. The zero-order valence-corrected chi connectivity index (χ0v) is 7.88. The molecule has 0 amide bonds. The van der Waals surface area contributed by atoms with Crippen molar-refractivity contribution in [1.29, 1.82) is 0 Å². The molecule has 2 heterocycles. The lowest BCUT2D eigenvalue weighted by Crippen LogP contribution is -2.45. The summed E-state index contributed by atoms with van der Waals surface area (Å²) in [4.78, 5) is 10.6. The lowest BCUT2D eigenvalue weighted by Gasteiger charge is -2.29. The van der Waals surface area contributed by atoms with Gasteiger partial charge in [-0.05, 0) is 19.9 Å². The summed E-state index contributed by atoms with van der Waals surface area (Å²) in [7, 11) is 0.